The number of nitrogens with one attached hydrogen (secondary N) is 1. The molecule has 0 radical (unpaired) electrons. The Morgan fingerprint density at radius 1 is 1.42 bits per heavy atom. The number of nitrogens with zero attached hydrogens (tertiary/aromatic N) is 2. The lowest BCUT2D eigenvalue weighted by Crippen LogP contribution is -2.38. The maximum atomic E-state index is 5.60. The van der Waals surface area contributed by atoms with Gasteiger partial charge in [-0.15, -0.1) is 0 Å². The van der Waals surface area contributed by atoms with Gasteiger partial charge in [-0.2, -0.15) is 5.10 Å². The van der Waals surface area contributed by atoms with Gasteiger partial charge in [0.25, 0.3) is 0 Å². The zero-order valence-electron chi connectivity index (χ0n) is 12.2. The average molecular weight is 270 g/mol. The predicted octanol–water partition coefficient (Wildman–Crippen LogP) is 0.639. The minimum absolute atomic E-state index is 0.198. The third-order valence-electron chi connectivity index (χ3n) is 3.02. The smallest absolute Gasteiger partial charge is 0.0700 e. The summed E-state index contributed by atoms with van der Waals surface area (Å²) >= 11 is 0. The topological polar surface area (TPSA) is 74.3 Å². The van der Waals surface area contributed by atoms with Gasteiger partial charge in [-0.3, -0.25) is 16.0 Å². The summed E-state index contributed by atoms with van der Waals surface area (Å²) in [5, 5.41) is 4.44. The Balaban J connectivity index is 2.38. The third kappa shape index (κ3) is 5.69. The summed E-state index contributed by atoms with van der Waals surface area (Å²) in [4.78, 5) is 0. The molecule has 6 heteroatoms. The van der Waals surface area contributed by atoms with E-state index >= 15 is 0 Å². The molecule has 19 heavy (non-hydrogen) atoms. The molecule has 0 saturated carbocycles. The maximum Gasteiger partial charge on any atom is 0.0700 e. The first-order valence-corrected chi connectivity index (χ1v) is 6.77. The summed E-state index contributed by atoms with van der Waals surface area (Å²) in [5.41, 5.74) is 5.10. The lowest BCUT2D eigenvalue weighted by molar-refractivity contribution is 0.0657. The van der Waals surface area contributed by atoms with Crippen LogP contribution in [0.25, 0.3) is 0 Å². The molecular formula is C13H26N4O2. The van der Waals surface area contributed by atoms with Crippen LogP contribution in [0.1, 0.15) is 24.7 Å². The van der Waals surface area contributed by atoms with Crippen molar-refractivity contribution in [2.24, 2.45) is 5.84 Å². The van der Waals surface area contributed by atoms with Gasteiger partial charge in [0.15, 0.2) is 0 Å². The molecule has 0 aliphatic carbocycles. The fourth-order valence-corrected chi connectivity index (χ4v) is 2.00. The highest BCUT2D eigenvalue weighted by molar-refractivity contribution is 5.10. The van der Waals surface area contributed by atoms with Crippen molar-refractivity contribution in [2.75, 3.05) is 26.9 Å². The van der Waals surface area contributed by atoms with Crippen LogP contribution in [0.15, 0.2) is 6.07 Å². The lowest BCUT2D eigenvalue weighted by atomic mass is 10.1. The van der Waals surface area contributed by atoms with Gasteiger partial charge in [-0.05, 0) is 26.3 Å². The van der Waals surface area contributed by atoms with Crippen molar-refractivity contribution in [2.45, 2.75) is 39.3 Å². The summed E-state index contributed by atoms with van der Waals surface area (Å²) in [6, 6.07) is 2.31. The highest BCUT2D eigenvalue weighted by Gasteiger charge is 2.12. The first-order chi connectivity index (χ1) is 9.21. The van der Waals surface area contributed by atoms with Gasteiger partial charge < -0.3 is 9.47 Å². The molecule has 1 aromatic rings. The van der Waals surface area contributed by atoms with Crippen LogP contribution in [0, 0.1) is 6.92 Å². The van der Waals surface area contributed by atoms with E-state index in [4.69, 9.17) is 15.3 Å². The summed E-state index contributed by atoms with van der Waals surface area (Å²) < 4.78 is 12.4. The van der Waals surface area contributed by atoms with Gasteiger partial charge >= 0.3 is 0 Å². The van der Waals surface area contributed by atoms with Gasteiger partial charge in [0.1, 0.15) is 0 Å². The largest absolute Gasteiger partial charge is 0.382 e. The van der Waals surface area contributed by atoms with Gasteiger partial charge in [-0.1, -0.05) is 0 Å². The lowest BCUT2D eigenvalue weighted by Gasteiger charge is -2.16. The van der Waals surface area contributed by atoms with Crippen molar-refractivity contribution in [1.29, 1.82) is 0 Å². The Morgan fingerprint density at radius 2 is 2.21 bits per heavy atom. The van der Waals surface area contributed by atoms with Crippen molar-refractivity contribution in [3.63, 3.8) is 0 Å². The van der Waals surface area contributed by atoms with E-state index in [0.717, 1.165) is 25.1 Å². The molecule has 110 valence electrons. The van der Waals surface area contributed by atoms with Crippen LogP contribution in [0.3, 0.4) is 0 Å². The second-order valence-electron chi connectivity index (χ2n) is 4.55. The summed E-state index contributed by atoms with van der Waals surface area (Å²) in [5.74, 6) is 5.60. The zero-order valence-corrected chi connectivity index (χ0v) is 12.2. The van der Waals surface area contributed by atoms with Crippen LogP contribution in [-0.4, -0.2) is 42.8 Å². The monoisotopic (exact) mass is 270 g/mol. The first kappa shape index (κ1) is 16.1. The van der Waals surface area contributed by atoms with E-state index in [2.05, 4.69) is 23.5 Å². The number of hydrogen-bond acceptors (Lipinski definition) is 5. The molecule has 1 heterocycles. The van der Waals surface area contributed by atoms with Gasteiger partial charge in [0.05, 0.1) is 18.9 Å². The fourth-order valence-electron chi connectivity index (χ4n) is 2.00. The van der Waals surface area contributed by atoms with Crippen molar-refractivity contribution < 1.29 is 9.47 Å². The van der Waals surface area contributed by atoms with Crippen LogP contribution in [-0.2, 0) is 22.4 Å². The fraction of sp³-hybridized carbons (Fsp3) is 0.769. The van der Waals surface area contributed by atoms with Crippen molar-refractivity contribution >= 4 is 0 Å². The molecule has 0 aromatic carbocycles. The SMILES string of the molecule is CCn1nc(C)cc1CC(CCOCCOC)NN. The van der Waals surface area contributed by atoms with Crippen molar-refractivity contribution in [3.05, 3.63) is 17.5 Å². The van der Waals surface area contributed by atoms with Gasteiger partial charge in [0.2, 0.25) is 0 Å². The minimum atomic E-state index is 0.198. The normalized spacial score (nSPS) is 12.8. The Bertz CT molecular complexity index is 354. The number of hydrazine groups is 1. The molecule has 1 unspecified atom stereocenters. The molecule has 1 atom stereocenters. The molecule has 1 rings (SSSR count). The molecule has 0 aliphatic heterocycles. The Hall–Kier alpha value is -0.950. The van der Waals surface area contributed by atoms with E-state index in [1.54, 1.807) is 7.11 Å². The second kappa shape index (κ2) is 9.03. The predicted molar refractivity (Wildman–Crippen MR) is 74.8 cm³/mol. The van der Waals surface area contributed by atoms with Crippen LogP contribution in [0.5, 0.6) is 0 Å². The van der Waals surface area contributed by atoms with E-state index < -0.39 is 0 Å². The number of aryl methyl sites for hydroxylation is 2. The maximum absolute atomic E-state index is 5.60. The van der Waals surface area contributed by atoms with Crippen molar-refractivity contribution in [3.8, 4) is 0 Å². The number of hydrogen-bond donors (Lipinski definition) is 2. The third-order valence-corrected chi connectivity index (χ3v) is 3.02. The minimum Gasteiger partial charge on any atom is -0.382 e. The second-order valence-corrected chi connectivity index (χ2v) is 4.55. The first-order valence-electron chi connectivity index (χ1n) is 6.77. The van der Waals surface area contributed by atoms with Crippen LogP contribution in [0.4, 0.5) is 0 Å². The summed E-state index contributed by atoms with van der Waals surface area (Å²) in [7, 11) is 1.67. The van der Waals surface area contributed by atoms with E-state index in [0.29, 0.717) is 19.8 Å². The molecule has 6 nitrogen and oxygen atoms in total. The van der Waals surface area contributed by atoms with E-state index in [1.165, 1.54) is 5.69 Å². The van der Waals surface area contributed by atoms with Crippen LogP contribution < -0.4 is 11.3 Å². The standard InChI is InChI=1S/C13H26N4O2/c1-4-17-13(9-11(2)16-17)10-12(15-14)5-6-19-8-7-18-3/h9,12,15H,4-8,10,14H2,1-3H3. The number of nitrogens with two attached hydrogens (primary N) is 1. The summed E-state index contributed by atoms with van der Waals surface area (Å²) in [6.07, 6.45) is 1.73. The number of aromatic nitrogens is 2. The Morgan fingerprint density at radius 3 is 2.84 bits per heavy atom. The molecular weight excluding hydrogens is 244 g/mol. The Kier molecular flexibility index (Phi) is 7.66. The zero-order chi connectivity index (χ0) is 14.1. The molecule has 3 N–H and O–H groups in total. The average Bonchev–Trinajstić information content (AvgIpc) is 2.77. The number of ether oxygens (including phenoxy) is 2. The molecule has 0 aliphatic rings. The van der Waals surface area contributed by atoms with Crippen molar-refractivity contribution in [1.82, 2.24) is 15.2 Å². The molecule has 0 amide bonds. The quantitative estimate of drug-likeness (QED) is 0.371. The molecule has 1 aromatic heterocycles. The van der Waals surface area contributed by atoms with E-state index in [9.17, 15) is 0 Å². The Labute approximate surface area is 115 Å². The molecule has 0 spiro atoms. The summed E-state index contributed by atoms with van der Waals surface area (Å²) in [6.45, 7) is 6.91. The van der Waals surface area contributed by atoms with Gasteiger partial charge in [-0.25, -0.2) is 0 Å². The highest BCUT2D eigenvalue weighted by Crippen LogP contribution is 2.08. The molecule has 0 bridgehead atoms. The molecule has 0 fully saturated rings. The molecule has 0 saturated heterocycles. The van der Waals surface area contributed by atoms with E-state index in [1.807, 2.05) is 11.6 Å². The van der Waals surface area contributed by atoms with E-state index in [-0.39, 0.29) is 6.04 Å². The van der Waals surface area contributed by atoms with Gasteiger partial charge in [0, 0.05) is 38.4 Å². The highest BCUT2D eigenvalue weighted by atomic mass is 16.5. The number of rotatable bonds is 10. The number of methoxy groups -OCH3 is 1. The van der Waals surface area contributed by atoms with Crippen LogP contribution in [0.2, 0.25) is 0 Å². The van der Waals surface area contributed by atoms with Crippen LogP contribution >= 0.6 is 0 Å².